The third kappa shape index (κ3) is 3.83. The van der Waals surface area contributed by atoms with E-state index in [-0.39, 0.29) is 24.3 Å². The van der Waals surface area contributed by atoms with Gasteiger partial charge in [-0.05, 0) is 42.2 Å². The number of imide groups is 1. The normalized spacial score (nSPS) is 16.6. The molecule has 0 aliphatic carbocycles. The lowest BCUT2D eigenvalue weighted by Crippen LogP contribution is -2.34. The fourth-order valence-corrected chi connectivity index (χ4v) is 4.12. The van der Waals surface area contributed by atoms with Crippen LogP contribution in [0.2, 0.25) is 5.02 Å². The van der Waals surface area contributed by atoms with Gasteiger partial charge in [0.25, 0.3) is 11.8 Å². The second-order valence-corrected chi connectivity index (χ2v) is 7.87. The number of nitrogens with one attached hydrogen (secondary N) is 1. The zero-order chi connectivity index (χ0) is 21.3. The van der Waals surface area contributed by atoms with Gasteiger partial charge in [-0.2, -0.15) is 0 Å². The first-order valence-electron chi connectivity index (χ1n) is 9.92. The van der Waals surface area contributed by atoms with E-state index >= 15 is 0 Å². The number of hydrogen-bond donors (Lipinski definition) is 1. The Morgan fingerprint density at radius 2 is 1.67 bits per heavy atom. The molecule has 6 nitrogen and oxygen atoms in total. The number of benzene rings is 2. The molecule has 0 radical (unpaired) electrons. The SMILES string of the molecule is CC(=O)Nc1ccc(C2=C(N3CCCC3)C(=O)N(Cc3ccccc3Cl)C2=O)cc1. The van der Waals surface area contributed by atoms with Crippen LogP contribution >= 0.6 is 11.6 Å². The molecule has 0 aromatic heterocycles. The molecule has 0 spiro atoms. The lowest BCUT2D eigenvalue weighted by atomic mass is 10.0. The summed E-state index contributed by atoms with van der Waals surface area (Å²) in [6.45, 7) is 3.07. The molecule has 2 aliphatic rings. The van der Waals surface area contributed by atoms with E-state index in [4.69, 9.17) is 11.6 Å². The van der Waals surface area contributed by atoms with Gasteiger partial charge < -0.3 is 10.2 Å². The van der Waals surface area contributed by atoms with Crippen LogP contribution in [0, 0.1) is 0 Å². The molecular formula is C23H22ClN3O3. The molecule has 2 aromatic rings. The Hall–Kier alpha value is -3.12. The zero-order valence-electron chi connectivity index (χ0n) is 16.7. The molecule has 4 rings (SSSR count). The van der Waals surface area contributed by atoms with E-state index in [2.05, 4.69) is 5.32 Å². The first kappa shape index (κ1) is 20.2. The van der Waals surface area contributed by atoms with Crippen molar-refractivity contribution in [3.05, 3.63) is 70.4 Å². The number of hydrogen-bond acceptors (Lipinski definition) is 4. The van der Waals surface area contributed by atoms with Crippen molar-refractivity contribution in [3.63, 3.8) is 0 Å². The molecule has 1 N–H and O–H groups in total. The number of halogens is 1. The number of likely N-dealkylation sites (tertiary alicyclic amines) is 1. The predicted octanol–water partition coefficient (Wildman–Crippen LogP) is 3.67. The van der Waals surface area contributed by atoms with Gasteiger partial charge in [0.05, 0.1) is 12.1 Å². The average molecular weight is 424 g/mol. The Morgan fingerprint density at radius 3 is 2.30 bits per heavy atom. The number of anilines is 1. The minimum atomic E-state index is -0.325. The summed E-state index contributed by atoms with van der Waals surface area (Å²) in [4.78, 5) is 41.2. The standard InChI is InChI=1S/C23H22ClN3O3/c1-15(28)25-18-10-8-16(9-11-18)20-21(26-12-4-5-13-26)23(30)27(22(20)29)14-17-6-2-3-7-19(17)24/h2-3,6-11H,4-5,12-14H2,1H3,(H,25,28). The second-order valence-electron chi connectivity index (χ2n) is 7.46. The lowest BCUT2D eigenvalue weighted by molar-refractivity contribution is -0.138. The summed E-state index contributed by atoms with van der Waals surface area (Å²) in [7, 11) is 0. The molecular weight excluding hydrogens is 402 g/mol. The fourth-order valence-electron chi connectivity index (χ4n) is 3.92. The molecule has 1 saturated heterocycles. The van der Waals surface area contributed by atoms with E-state index in [1.165, 1.54) is 11.8 Å². The first-order valence-corrected chi connectivity index (χ1v) is 10.3. The van der Waals surface area contributed by atoms with E-state index in [0.717, 1.165) is 31.5 Å². The van der Waals surface area contributed by atoms with Crippen LogP contribution < -0.4 is 5.32 Å². The van der Waals surface area contributed by atoms with E-state index < -0.39 is 0 Å². The van der Waals surface area contributed by atoms with Gasteiger partial charge in [0.15, 0.2) is 0 Å². The number of carbonyl (C=O) groups excluding carboxylic acids is 3. The molecule has 0 bridgehead atoms. The van der Waals surface area contributed by atoms with Gasteiger partial charge in [0, 0.05) is 30.7 Å². The van der Waals surface area contributed by atoms with Crippen LogP contribution in [0.3, 0.4) is 0 Å². The van der Waals surface area contributed by atoms with Gasteiger partial charge in [-0.15, -0.1) is 0 Å². The molecule has 2 aromatic carbocycles. The number of rotatable bonds is 5. The smallest absolute Gasteiger partial charge is 0.278 e. The Morgan fingerprint density at radius 1 is 1.00 bits per heavy atom. The largest absolute Gasteiger partial charge is 0.366 e. The van der Waals surface area contributed by atoms with Crippen LogP contribution in [0.15, 0.2) is 54.2 Å². The van der Waals surface area contributed by atoms with E-state index in [9.17, 15) is 14.4 Å². The van der Waals surface area contributed by atoms with Crippen molar-refractivity contribution in [1.82, 2.24) is 9.80 Å². The van der Waals surface area contributed by atoms with Crippen LogP contribution in [0.1, 0.15) is 30.9 Å². The molecule has 154 valence electrons. The minimum absolute atomic E-state index is 0.127. The highest BCUT2D eigenvalue weighted by molar-refractivity contribution is 6.36. The van der Waals surface area contributed by atoms with Crippen molar-refractivity contribution in [3.8, 4) is 0 Å². The van der Waals surface area contributed by atoms with Gasteiger partial charge >= 0.3 is 0 Å². The second kappa shape index (κ2) is 8.32. The van der Waals surface area contributed by atoms with E-state index in [1.807, 2.05) is 23.1 Å². The van der Waals surface area contributed by atoms with Gasteiger partial charge in [0.1, 0.15) is 5.70 Å². The highest BCUT2D eigenvalue weighted by Gasteiger charge is 2.42. The molecule has 3 amide bonds. The molecule has 0 atom stereocenters. The first-order chi connectivity index (χ1) is 14.5. The number of amides is 3. The minimum Gasteiger partial charge on any atom is -0.366 e. The van der Waals surface area contributed by atoms with Crippen LogP contribution in [-0.2, 0) is 20.9 Å². The van der Waals surface area contributed by atoms with Gasteiger partial charge in [-0.3, -0.25) is 19.3 Å². The highest BCUT2D eigenvalue weighted by Crippen LogP contribution is 2.35. The number of nitrogens with zero attached hydrogens (tertiary/aromatic N) is 2. The van der Waals surface area contributed by atoms with Crippen molar-refractivity contribution in [2.45, 2.75) is 26.3 Å². The van der Waals surface area contributed by atoms with Gasteiger partial charge in [-0.1, -0.05) is 41.9 Å². The summed E-state index contributed by atoms with van der Waals surface area (Å²) in [6, 6.07) is 14.2. The average Bonchev–Trinajstić information content (AvgIpc) is 3.32. The van der Waals surface area contributed by atoms with Crippen molar-refractivity contribution >= 4 is 40.6 Å². The fraction of sp³-hybridized carbons (Fsp3) is 0.261. The third-order valence-corrected chi connectivity index (χ3v) is 5.71. The summed E-state index contributed by atoms with van der Waals surface area (Å²) >= 11 is 6.27. The maximum atomic E-state index is 13.4. The van der Waals surface area contributed by atoms with Crippen LogP contribution in [0.5, 0.6) is 0 Å². The van der Waals surface area contributed by atoms with Crippen LogP contribution in [0.4, 0.5) is 5.69 Å². The zero-order valence-corrected chi connectivity index (χ0v) is 17.4. The Bertz CT molecular complexity index is 1040. The molecule has 0 saturated carbocycles. The van der Waals surface area contributed by atoms with E-state index in [1.54, 1.807) is 30.3 Å². The molecule has 30 heavy (non-hydrogen) atoms. The molecule has 7 heteroatoms. The molecule has 1 fully saturated rings. The van der Waals surface area contributed by atoms with Crippen LogP contribution in [-0.4, -0.2) is 40.6 Å². The van der Waals surface area contributed by atoms with E-state index in [0.29, 0.717) is 27.5 Å². The Balaban J connectivity index is 1.71. The summed E-state index contributed by atoms with van der Waals surface area (Å²) in [6.07, 6.45) is 1.98. The maximum absolute atomic E-state index is 13.4. The van der Waals surface area contributed by atoms with Crippen molar-refractivity contribution in [2.75, 3.05) is 18.4 Å². The summed E-state index contributed by atoms with van der Waals surface area (Å²) in [5.41, 5.74) is 2.88. The summed E-state index contributed by atoms with van der Waals surface area (Å²) in [5, 5.41) is 3.24. The summed E-state index contributed by atoms with van der Waals surface area (Å²) < 4.78 is 0. The topological polar surface area (TPSA) is 69.7 Å². The van der Waals surface area contributed by atoms with Gasteiger partial charge in [0.2, 0.25) is 5.91 Å². The monoisotopic (exact) mass is 423 g/mol. The Labute approximate surface area is 180 Å². The predicted molar refractivity (Wildman–Crippen MR) is 115 cm³/mol. The van der Waals surface area contributed by atoms with Crippen molar-refractivity contribution < 1.29 is 14.4 Å². The maximum Gasteiger partial charge on any atom is 0.278 e. The van der Waals surface area contributed by atoms with Crippen LogP contribution in [0.25, 0.3) is 5.57 Å². The quantitative estimate of drug-likeness (QED) is 0.745. The molecule has 0 unspecified atom stereocenters. The Kier molecular flexibility index (Phi) is 5.59. The lowest BCUT2D eigenvalue weighted by Gasteiger charge is -2.20. The number of carbonyl (C=O) groups is 3. The molecule has 2 aliphatic heterocycles. The molecule has 2 heterocycles. The third-order valence-electron chi connectivity index (χ3n) is 5.35. The highest BCUT2D eigenvalue weighted by atomic mass is 35.5. The van der Waals surface area contributed by atoms with Crippen molar-refractivity contribution in [2.24, 2.45) is 0 Å². The van der Waals surface area contributed by atoms with Gasteiger partial charge in [-0.25, -0.2) is 0 Å². The van der Waals surface area contributed by atoms with Crippen molar-refractivity contribution in [1.29, 1.82) is 0 Å². The summed E-state index contributed by atoms with van der Waals surface area (Å²) in [5.74, 6) is -0.783.